The molecule has 32 heavy (non-hydrogen) atoms. The van der Waals surface area contributed by atoms with Gasteiger partial charge in [0.25, 0.3) is 0 Å². The molecule has 4 aromatic heterocycles. The van der Waals surface area contributed by atoms with E-state index < -0.39 is 17.3 Å². The Kier molecular flexibility index (Phi) is 6.65. The van der Waals surface area contributed by atoms with Crippen LogP contribution in [-0.4, -0.2) is 24.7 Å². The maximum absolute atomic E-state index is 12.9. The number of aryl methyl sites for hydroxylation is 1. The molecule has 0 aromatic carbocycles. The summed E-state index contributed by atoms with van der Waals surface area (Å²) >= 11 is 0. The summed E-state index contributed by atoms with van der Waals surface area (Å²) in [6.45, 7) is 5.82. The normalized spacial score (nSPS) is 11.8. The molecule has 0 bridgehead atoms. The minimum absolute atomic E-state index is 0. The third kappa shape index (κ3) is 4.80. The number of nitrogens with zero attached hydrogens (tertiary/aromatic N) is 5. The van der Waals surface area contributed by atoms with Gasteiger partial charge in [0.05, 0.1) is 11.5 Å². The van der Waals surface area contributed by atoms with Crippen molar-refractivity contribution >= 4 is 0 Å². The number of rotatable bonds is 4. The smallest absolute Gasteiger partial charge is 0.343 e. The van der Waals surface area contributed by atoms with Gasteiger partial charge in [-0.2, -0.15) is 24.8 Å². The molecule has 4 heterocycles. The molecule has 0 N–H and O–H groups in total. The van der Waals surface area contributed by atoms with Gasteiger partial charge >= 0.3 is 27.2 Å². The summed E-state index contributed by atoms with van der Waals surface area (Å²) in [5.74, 6) is 0.246. The van der Waals surface area contributed by atoms with E-state index in [9.17, 15) is 13.2 Å². The number of halogens is 3. The molecular weight excluding hydrogens is 598 g/mol. The van der Waals surface area contributed by atoms with Crippen LogP contribution in [0.3, 0.4) is 0 Å². The van der Waals surface area contributed by atoms with Crippen molar-refractivity contribution in [2.45, 2.75) is 32.4 Å². The van der Waals surface area contributed by atoms with Crippen LogP contribution in [0.15, 0.2) is 54.7 Å². The third-order valence-electron chi connectivity index (χ3n) is 4.92. The van der Waals surface area contributed by atoms with E-state index in [0.29, 0.717) is 5.69 Å². The van der Waals surface area contributed by atoms with Crippen LogP contribution in [0.4, 0.5) is 13.2 Å². The Bertz CT molecular complexity index is 1230. The van der Waals surface area contributed by atoms with Crippen LogP contribution in [-0.2, 0) is 32.7 Å². The molecule has 0 unspecified atom stereocenters. The second-order valence-electron chi connectivity index (χ2n) is 7.58. The number of hydrogen-bond acceptors (Lipinski definition) is 4. The zero-order valence-corrected chi connectivity index (χ0v) is 19.7. The maximum Gasteiger partial charge on any atom is 2.00 e. The van der Waals surface area contributed by atoms with Crippen molar-refractivity contribution in [3.63, 3.8) is 0 Å². The maximum atomic E-state index is 12.9. The summed E-state index contributed by atoms with van der Waals surface area (Å²) < 4.78 is 39.6. The van der Waals surface area contributed by atoms with Crippen molar-refractivity contribution in [2.75, 3.05) is 0 Å². The third-order valence-corrected chi connectivity index (χ3v) is 4.92. The zero-order chi connectivity index (χ0) is 22.2. The van der Waals surface area contributed by atoms with Crippen LogP contribution in [0.2, 0.25) is 0 Å². The first-order valence-corrected chi connectivity index (χ1v) is 9.50. The molecule has 0 atom stereocenters. The van der Waals surface area contributed by atoms with Crippen LogP contribution < -0.4 is 0 Å². The first-order valence-electron chi connectivity index (χ1n) is 9.50. The van der Waals surface area contributed by atoms with E-state index in [-0.39, 0.29) is 26.9 Å². The van der Waals surface area contributed by atoms with Crippen LogP contribution in [0.1, 0.15) is 36.6 Å². The number of aromatic nitrogens is 5. The Morgan fingerprint density at radius 1 is 0.938 bits per heavy atom. The largest absolute Gasteiger partial charge is 2.00 e. The molecule has 9 heteroatoms. The van der Waals surface area contributed by atoms with Crippen LogP contribution >= 0.6 is 0 Å². The Morgan fingerprint density at radius 2 is 1.62 bits per heavy atom. The summed E-state index contributed by atoms with van der Waals surface area (Å²) in [6.07, 6.45) is -0.440. The molecule has 5 nitrogen and oxygen atoms in total. The van der Waals surface area contributed by atoms with E-state index in [1.807, 2.05) is 51.1 Å². The minimum Gasteiger partial charge on any atom is -0.343 e. The van der Waals surface area contributed by atoms with E-state index in [1.165, 1.54) is 0 Å². The van der Waals surface area contributed by atoms with E-state index in [2.05, 4.69) is 27.3 Å². The Balaban J connectivity index is 0.00000289. The van der Waals surface area contributed by atoms with E-state index >= 15 is 0 Å². The Morgan fingerprint density at radius 3 is 2.28 bits per heavy atom. The van der Waals surface area contributed by atoms with Crippen molar-refractivity contribution in [3.8, 4) is 17.1 Å². The van der Waals surface area contributed by atoms with Gasteiger partial charge in [0.2, 0.25) is 0 Å². The van der Waals surface area contributed by atoms with Crippen LogP contribution in [0.5, 0.6) is 0 Å². The quantitative estimate of drug-likeness (QED) is 0.304. The summed E-state index contributed by atoms with van der Waals surface area (Å²) in [6, 6.07) is 16.6. The molecule has 0 aliphatic heterocycles. The second-order valence-corrected chi connectivity index (χ2v) is 7.58. The number of hydrogen-bond donors (Lipinski definition) is 0. The molecule has 4 aromatic rings. The first kappa shape index (κ1) is 23.8. The number of alkyl halides is 3. The Hall–Kier alpha value is -2.86. The second kappa shape index (κ2) is 8.94. The van der Waals surface area contributed by atoms with Gasteiger partial charge in [-0.3, -0.25) is 15.1 Å². The standard InChI is InChI=1S/C23H18F3N5.Pt/c1-15-14-16(10-12-27-15)17-6-4-7-18(28-17)22(2,3)19-8-5-9-21(29-19)31-13-11-20(30-31)23(24,25)26;/h4-9,11-12,14H,1-3H3;/q-2;+2. The van der Waals surface area contributed by atoms with Crippen molar-refractivity contribution < 1.29 is 34.2 Å². The summed E-state index contributed by atoms with van der Waals surface area (Å²) in [5, 5.41) is 3.56. The molecule has 166 valence electrons. The van der Waals surface area contributed by atoms with E-state index in [0.717, 1.165) is 33.4 Å². The van der Waals surface area contributed by atoms with Crippen molar-refractivity contribution in [1.82, 2.24) is 24.7 Å². The Labute approximate surface area is 198 Å². The zero-order valence-electron chi connectivity index (χ0n) is 17.4. The van der Waals surface area contributed by atoms with Crippen molar-refractivity contribution in [3.05, 3.63) is 89.8 Å². The molecule has 0 fully saturated rings. The summed E-state index contributed by atoms with van der Waals surface area (Å²) in [4.78, 5) is 13.5. The number of pyridine rings is 3. The fourth-order valence-electron chi connectivity index (χ4n) is 3.14. The summed E-state index contributed by atoms with van der Waals surface area (Å²) in [5.41, 5.74) is 2.22. The molecule has 0 aliphatic carbocycles. The van der Waals surface area contributed by atoms with E-state index in [4.69, 9.17) is 4.98 Å². The molecule has 0 saturated carbocycles. The molecule has 0 aliphatic rings. The molecular formula is C23H18F3N5Pt. The first-order chi connectivity index (χ1) is 14.6. The predicted octanol–water partition coefficient (Wildman–Crippen LogP) is 4.98. The fraction of sp³-hybridized carbons (Fsp3) is 0.217. The van der Waals surface area contributed by atoms with E-state index in [1.54, 1.807) is 18.3 Å². The topological polar surface area (TPSA) is 56.5 Å². The fourth-order valence-corrected chi connectivity index (χ4v) is 3.14. The van der Waals surface area contributed by atoms with Gasteiger partial charge < -0.3 is 9.67 Å². The molecule has 0 spiro atoms. The van der Waals surface area contributed by atoms with Gasteiger partial charge in [0.15, 0.2) is 0 Å². The van der Waals surface area contributed by atoms with Gasteiger partial charge in [-0.1, -0.05) is 30.5 Å². The predicted molar refractivity (Wildman–Crippen MR) is 108 cm³/mol. The molecule has 4 rings (SSSR count). The van der Waals surface area contributed by atoms with Crippen molar-refractivity contribution in [2.24, 2.45) is 0 Å². The van der Waals surface area contributed by atoms with Gasteiger partial charge in [-0.25, -0.2) is 0 Å². The summed E-state index contributed by atoms with van der Waals surface area (Å²) in [7, 11) is 0. The van der Waals surface area contributed by atoms with Crippen LogP contribution in [0.25, 0.3) is 17.1 Å². The minimum atomic E-state index is -4.54. The average molecular weight is 617 g/mol. The van der Waals surface area contributed by atoms with Crippen molar-refractivity contribution in [1.29, 1.82) is 0 Å². The van der Waals surface area contributed by atoms with Gasteiger partial charge in [-0.05, 0) is 50.5 Å². The molecule has 0 radical (unpaired) electrons. The van der Waals surface area contributed by atoms with Gasteiger partial charge in [-0.15, -0.1) is 12.1 Å². The molecule has 0 amide bonds. The monoisotopic (exact) mass is 616 g/mol. The molecule has 0 saturated heterocycles. The average Bonchev–Trinajstić information content (AvgIpc) is 3.25. The van der Waals surface area contributed by atoms with Crippen LogP contribution in [0, 0.1) is 19.2 Å². The van der Waals surface area contributed by atoms with Gasteiger partial charge in [0.1, 0.15) is 0 Å². The van der Waals surface area contributed by atoms with Gasteiger partial charge in [0, 0.05) is 16.8 Å². The SMILES string of the molecule is Cc1cc(-c2cccc(C(C)(C)c3cccc(-n4[c-]cc(C(F)(F)F)n4)n3)n2)[c-]cn1.[Pt+2].